The lowest BCUT2D eigenvalue weighted by Gasteiger charge is -2.02. The van der Waals surface area contributed by atoms with Crippen LogP contribution in [-0.2, 0) is 6.42 Å². The van der Waals surface area contributed by atoms with Gasteiger partial charge in [0, 0.05) is 4.47 Å². The molecule has 0 bridgehead atoms. The van der Waals surface area contributed by atoms with Gasteiger partial charge in [-0.25, -0.2) is 4.99 Å². The molecule has 0 radical (unpaired) electrons. The lowest BCUT2D eigenvalue weighted by molar-refractivity contribution is 1.13. The average Bonchev–Trinajstić information content (AvgIpc) is 2.20. The number of hydrogen-bond donors (Lipinski definition) is 1. The minimum absolute atomic E-state index is 0.261. The SMILES string of the molecule is CCc1cc(N=C(N)CCl)ccc1Br. The normalized spacial score (nSPS) is 11.8. The number of halogens is 2. The van der Waals surface area contributed by atoms with Gasteiger partial charge in [0.05, 0.1) is 11.6 Å². The highest BCUT2D eigenvalue weighted by atomic mass is 79.9. The third-order valence-corrected chi connectivity index (χ3v) is 2.87. The maximum absolute atomic E-state index is 5.54. The summed E-state index contributed by atoms with van der Waals surface area (Å²) in [5, 5.41) is 0. The van der Waals surface area contributed by atoms with Crippen molar-refractivity contribution in [1.29, 1.82) is 0 Å². The molecule has 0 saturated heterocycles. The summed E-state index contributed by atoms with van der Waals surface area (Å²) in [5.41, 5.74) is 7.61. The number of nitrogens with zero attached hydrogens (tertiary/aromatic N) is 1. The van der Waals surface area contributed by atoms with Crippen LogP contribution in [0, 0.1) is 0 Å². The minimum Gasteiger partial charge on any atom is -0.386 e. The Balaban J connectivity index is 3.01. The molecule has 1 aromatic carbocycles. The number of aliphatic imine (C=N–C) groups is 1. The van der Waals surface area contributed by atoms with E-state index in [2.05, 4.69) is 27.8 Å². The Labute approximate surface area is 97.3 Å². The molecule has 2 nitrogen and oxygen atoms in total. The van der Waals surface area contributed by atoms with Gasteiger partial charge in [-0.05, 0) is 30.2 Å². The van der Waals surface area contributed by atoms with E-state index in [9.17, 15) is 0 Å². The second-order valence-corrected chi connectivity index (χ2v) is 3.99. The lowest BCUT2D eigenvalue weighted by Crippen LogP contribution is -2.12. The zero-order valence-electron chi connectivity index (χ0n) is 7.93. The van der Waals surface area contributed by atoms with Crippen LogP contribution >= 0.6 is 27.5 Å². The highest BCUT2D eigenvalue weighted by molar-refractivity contribution is 9.10. The van der Waals surface area contributed by atoms with Gasteiger partial charge in [0.2, 0.25) is 0 Å². The molecular weight excluding hydrogens is 263 g/mol. The maximum atomic E-state index is 5.54. The van der Waals surface area contributed by atoms with E-state index >= 15 is 0 Å². The third-order valence-electron chi connectivity index (χ3n) is 1.82. The highest BCUT2D eigenvalue weighted by Gasteiger charge is 1.99. The molecule has 0 aliphatic rings. The summed E-state index contributed by atoms with van der Waals surface area (Å²) in [6.45, 7) is 2.10. The van der Waals surface area contributed by atoms with Crippen molar-refractivity contribution in [3.8, 4) is 0 Å². The summed E-state index contributed by atoms with van der Waals surface area (Å²) < 4.78 is 1.10. The van der Waals surface area contributed by atoms with Crippen LogP contribution in [0.5, 0.6) is 0 Å². The van der Waals surface area contributed by atoms with Crippen molar-refractivity contribution in [2.24, 2.45) is 10.7 Å². The summed E-state index contributed by atoms with van der Waals surface area (Å²) in [5.74, 6) is 0.702. The summed E-state index contributed by atoms with van der Waals surface area (Å²) in [4.78, 5) is 4.17. The van der Waals surface area contributed by atoms with Crippen LogP contribution in [0.3, 0.4) is 0 Å². The molecule has 0 unspecified atom stereocenters. The molecule has 0 fully saturated rings. The Morgan fingerprint density at radius 2 is 2.29 bits per heavy atom. The first kappa shape index (κ1) is 11.5. The average molecular weight is 276 g/mol. The molecule has 0 heterocycles. The van der Waals surface area contributed by atoms with Crippen LogP contribution in [-0.4, -0.2) is 11.7 Å². The summed E-state index contributed by atoms with van der Waals surface area (Å²) in [6.07, 6.45) is 0.963. The molecule has 1 rings (SSSR count). The largest absolute Gasteiger partial charge is 0.386 e. The van der Waals surface area contributed by atoms with Crippen molar-refractivity contribution in [3.63, 3.8) is 0 Å². The van der Waals surface area contributed by atoms with Crippen LogP contribution in [0.1, 0.15) is 12.5 Å². The van der Waals surface area contributed by atoms with E-state index < -0.39 is 0 Å². The van der Waals surface area contributed by atoms with Crippen LogP contribution in [0.25, 0.3) is 0 Å². The number of aryl methyl sites for hydroxylation is 1. The van der Waals surface area contributed by atoms with Crippen molar-refractivity contribution in [2.45, 2.75) is 13.3 Å². The first-order valence-electron chi connectivity index (χ1n) is 4.34. The summed E-state index contributed by atoms with van der Waals surface area (Å²) in [7, 11) is 0. The first-order chi connectivity index (χ1) is 6.67. The molecule has 0 amide bonds. The van der Waals surface area contributed by atoms with Gasteiger partial charge in [-0.1, -0.05) is 22.9 Å². The Bertz CT molecular complexity index is 350. The molecular formula is C10H12BrClN2. The molecule has 2 N–H and O–H groups in total. The van der Waals surface area contributed by atoms with E-state index in [0.717, 1.165) is 16.6 Å². The molecule has 0 atom stereocenters. The second kappa shape index (κ2) is 5.37. The predicted molar refractivity (Wildman–Crippen MR) is 65.5 cm³/mol. The van der Waals surface area contributed by atoms with Crippen LogP contribution in [0.4, 0.5) is 5.69 Å². The molecule has 4 heteroatoms. The molecule has 0 saturated carbocycles. The van der Waals surface area contributed by atoms with Crippen molar-refractivity contribution >= 4 is 39.1 Å². The third kappa shape index (κ3) is 3.00. The monoisotopic (exact) mass is 274 g/mol. The smallest absolute Gasteiger partial charge is 0.115 e. The number of amidine groups is 1. The summed E-state index contributed by atoms with van der Waals surface area (Å²) >= 11 is 9.01. The predicted octanol–water partition coefficient (Wildman–Crippen LogP) is 3.24. The highest BCUT2D eigenvalue weighted by Crippen LogP contribution is 2.23. The van der Waals surface area contributed by atoms with Crippen molar-refractivity contribution in [3.05, 3.63) is 28.2 Å². The quantitative estimate of drug-likeness (QED) is 0.513. The number of alkyl halides is 1. The topological polar surface area (TPSA) is 38.4 Å². The van der Waals surface area contributed by atoms with Crippen LogP contribution in [0.2, 0.25) is 0 Å². The van der Waals surface area contributed by atoms with Crippen molar-refractivity contribution in [2.75, 3.05) is 5.88 Å². The van der Waals surface area contributed by atoms with E-state index in [1.165, 1.54) is 5.56 Å². The van der Waals surface area contributed by atoms with E-state index in [-0.39, 0.29) is 5.88 Å². The van der Waals surface area contributed by atoms with Gasteiger partial charge >= 0.3 is 0 Å². The number of benzene rings is 1. The Morgan fingerprint density at radius 3 is 2.86 bits per heavy atom. The Morgan fingerprint density at radius 1 is 1.57 bits per heavy atom. The van der Waals surface area contributed by atoms with E-state index in [0.29, 0.717) is 5.84 Å². The van der Waals surface area contributed by atoms with Gasteiger partial charge in [-0.2, -0.15) is 0 Å². The van der Waals surface area contributed by atoms with E-state index in [1.807, 2.05) is 18.2 Å². The van der Waals surface area contributed by atoms with E-state index in [4.69, 9.17) is 17.3 Å². The zero-order valence-corrected chi connectivity index (χ0v) is 10.3. The van der Waals surface area contributed by atoms with Gasteiger partial charge in [0.1, 0.15) is 5.84 Å². The number of nitrogens with two attached hydrogens (primary N) is 1. The number of hydrogen-bond acceptors (Lipinski definition) is 1. The van der Waals surface area contributed by atoms with Gasteiger partial charge in [0.25, 0.3) is 0 Å². The minimum atomic E-state index is 0.261. The van der Waals surface area contributed by atoms with Crippen molar-refractivity contribution < 1.29 is 0 Å². The van der Waals surface area contributed by atoms with Gasteiger partial charge < -0.3 is 5.73 Å². The molecule has 0 aromatic heterocycles. The first-order valence-corrected chi connectivity index (χ1v) is 5.67. The van der Waals surface area contributed by atoms with Crippen LogP contribution in [0.15, 0.2) is 27.7 Å². The molecule has 1 aromatic rings. The lowest BCUT2D eigenvalue weighted by atomic mass is 10.1. The standard InChI is InChI=1S/C10H12BrClN2/c1-2-7-5-8(3-4-9(7)11)14-10(13)6-12/h3-5H,2,6H2,1H3,(H2,13,14). The number of rotatable bonds is 3. The zero-order chi connectivity index (χ0) is 10.6. The molecule has 76 valence electrons. The second-order valence-electron chi connectivity index (χ2n) is 2.87. The molecule has 0 aliphatic carbocycles. The Hall–Kier alpha value is -0.540. The molecule has 14 heavy (non-hydrogen) atoms. The molecule has 0 spiro atoms. The van der Waals surface area contributed by atoms with Gasteiger partial charge in [-0.3, -0.25) is 0 Å². The van der Waals surface area contributed by atoms with Crippen molar-refractivity contribution in [1.82, 2.24) is 0 Å². The Kier molecular flexibility index (Phi) is 4.42. The van der Waals surface area contributed by atoms with Gasteiger partial charge in [-0.15, -0.1) is 11.6 Å². The fraction of sp³-hybridized carbons (Fsp3) is 0.300. The maximum Gasteiger partial charge on any atom is 0.115 e. The van der Waals surface area contributed by atoms with Gasteiger partial charge in [0.15, 0.2) is 0 Å². The molecule has 0 aliphatic heterocycles. The van der Waals surface area contributed by atoms with E-state index in [1.54, 1.807) is 0 Å². The summed E-state index contributed by atoms with van der Waals surface area (Å²) in [6, 6.07) is 5.88. The fourth-order valence-corrected chi connectivity index (χ4v) is 1.68. The fourth-order valence-electron chi connectivity index (χ4n) is 1.10. The van der Waals surface area contributed by atoms with Crippen LogP contribution < -0.4 is 5.73 Å².